The van der Waals surface area contributed by atoms with Gasteiger partial charge in [0.1, 0.15) is 31.6 Å². The van der Waals surface area contributed by atoms with Crippen molar-refractivity contribution in [3.05, 3.63) is 48.5 Å². The molecule has 0 aliphatic carbocycles. The van der Waals surface area contributed by atoms with E-state index < -0.39 is 73.2 Å². The molecule has 3 rings (SSSR count). The fraction of sp³-hybridized carbons (Fsp3) is 0.111. The minimum Gasteiger partial charge on any atom is -0.744 e. The Kier molecular flexibility index (Phi) is 15.1. The van der Waals surface area contributed by atoms with Gasteiger partial charge in [-0.2, -0.15) is 0 Å². The van der Waals surface area contributed by atoms with Gasteiger partial charge in [-0.15, -0.1) is 10.2 Å². The molecule has 0 fully saturated rings. The van der Waals surface area contributed by atoms with Crippen LogP contribution in [0.15, 0.2) is 73.4 Å². The van der Waals surface area contributed by atoms with E-state index in [4.69, 9.17) is 5.73 Å². The largest absolute Gasteiger partial charge is 1.00 e. The van der Waals surface area contributed by atoms with Gasteiger partial charge in [0.15, 0.2) is 9.84 Å². The Hall–Kier alpha value is -0.0400. The van der Waals surface area contributed by atoms with E-state index in [1.54, 1.807) is 0 Å². The van der Waals surface area contributed by atoms with Crippen LogP contribution in [-0.4, -0.2) is 59.7 Å². The second-order valence-electron chi connectivity index (χ2n) is 7.14. The second kappa shape index (κ2) is 15.1. The average molecular weight is 662 g/mol. The van der Waals surface area contributed by atoms with E-state index in [2.05, 4.69) is 14.4 Å². The molecule has 0 aromatic heterocycles. The predicted molar refractivity (Wildman–Crippen MR) is 123 cm³/mol. The van der Waals surface area contributed by atoms with Crippen LogP contribution in [0.25, 0.3) is 10.8 Å². The van der Waals surface area contributed by atoms with Crippen LogP contribution in [0.5, 0.6) is 0 Å². The zero-order chi connectivity index (χ0) is 27.8. The summed E-state index contributed by atoms with van der Waals surface area (Å²) in [6.07, 6.45) is 0. The van der Waals surface area contributed by atoms with Gasteiger partial charge >= 0.3 is 88.7 Å². The maximum Gasteiger partial charge on any atom is 1.00 e. The van der Waals surface area contributed by atoms with Crippen molar-refractivity contribution in [2.75, 3.05) is 18.1 Å². The zero-order valence-corrected chi connectivity index (χ0v) is 30.3. The third kappa shape index (κ3) is 10.3. The van der Waals surface area contributed by atoms with E-state index >= 15 is 0 Å². The summed E-state index contributed by atoms with van der Waals surface area (Å²) in [5.41, 5.74) is 5.02. The minimum atomic E-state index is -5.34. The molecule has 0 saturated heterocycles. The first kappa shape index (κ1) is 40.0. The van der Waals surface area contributed by atoms with E-state index in [0.717, 1.165) is 18.2 Å². The number of hydrogen-bond donors (Lipinski definition) is 1. The van der Waals surface area contributed by atoms with E-state index in [9.17, 15) is 47.3 Å². The molecule has 0 unspecified atom stereocenters. The summed E-state index contributed by atoms with van der Waals surface area (Å²) in [5.74, 6) is -1.04. The molecule has 3 aromatic carbocycles. The first-order valence-electron chi connectivity index (χ1n) is 9.52. The molecule has 22 heteroatoms. The fourth-order valence-electron chi connectivity index (χ4n) is 3.10. The molecule has 0 radical (unpaired) electrons. The molecule has 0 atom stereocenters. The summed E-state index contributed by atoms with van der Waals surface area (Å²) < 4.78 is 130. The number of nitrogens with zero attached hydrogens (tertiary/aromatic N) is 2. The van der Waals surface area contributed by atoms with Crippen LogP contribution in [0.4, 0.5) is 17.1 Å². The smallest absolute Gasteiger partial charge is 0.744 e. The Morgan fingerprint density at radius 1 is 0.725 bits per heavy atom. The van der Waals surface area contributed by atoms with Crippen LogP contribution in [0, 0.1) is 0 Å². The number of benzene rings is 3. The van der Waals surface area contributed by atoms with Crippen molar-refractivity contribution in [2.45, 2.75) is 14.7 Å². The van der Waals surface area contributed by atoms with Crippen LogP contribution in [0.2, 0.25) is 0 Å². The van der Waals surface area contributed by atoms with Crippen LogP contribution >= 0.6 is 0 Å². The quantitative estimate of drug-likeness (QED) is 0.0735. The SMILES string of the molecule is Nc1ccc2c(S(=O)(=O)[O-])cccc2c1N=Nc1ccc(S(=O)(=O)CCOS(=O)(=O)[O-])cc1S(=O)(=O)[O-].[Na+].[Na+].[Na+]. The topological polar surface area (TPSA) is 266 Å². The van der Waals surface area contributed by atoms with Gasteiger partial charge in [0, 0.05) is 10.8 Å². The van der Waals surface area contributed by atoms with Crippen molar-refractivity contribution in [2.24, 2.45) is 10.2 Å². The van der Waals surface area contributed by atoms with E-state index in [0.29, 0.717) is 6.07 Å². The number of fused-ring (bicyclic) bond motifs is 1. The molecule has 0 amide bonds. The summed E-state index contributed by atoms with van der Waals surface area (Å²) in [7, 11) is -19.8. The number of azo groups is 1. The maximum atomic E-state index is 12.4. The number of anilines is 1. The molecule has 0 heterocycles. The summed E-state index contributed by atoms with van der Waals surface area (Å²) in [4.78, 5) is -2.41. The molecular formula is C18H14N3Na3O12S4. The average Bonchev–Trinajstić information content (AvgIpc) is 2.75. The fourth-order valence-corrected chi connectivity index (χ4v) is 6.01. The van der Waals surface area contributed by atoms with Gasteiger partial charge in [0.2, 0.25) is 10.4 Å². The standard InChI is InChI=1S/C18H17N3O12S4.3Na/c19-14-6-5-12-13(2-1-3-16(12)35(24,25)26)18(14)21-20-15-7-4-11(10-17(15)36(27,28)29)34(22,23)9-8-33-37(30,31)32;;;/h1-7,10H,8-9,19H2,(H,24,25,26)(H,27,28,29)(H,30,31,32);;;/q;3*+1/p-3. The summed E-state index contributed by atoms with van der Waals surface area (Å²) in [5, 5.41) is 7.46. The summed E-state index contributed by atoms with van der Waals surface area (Å²) in [6, 6.07) is 8.26. The van der Waals surface area contributed by atoms with Gasteiger partial charge in [-0.3, -0.25) is 4.18 Å². The second-order valence-corrected chi connectivity index (χ2v) is 13.0. The molecule has 15 nitrogen and oxygen atoms in total. The van der Waals surface area contributed by atoms with Gasteiger partial charge in [-0.25, -0.2) is 33.7 Å². The van der Waals surface area contributed by atoms with Gasteiger partial charge in [-0.05, 0) is 30.3 Å². The Bertz CT molecular complexity index is 1870. The van der Waals surface area contributed by atoms with Gasteiger partial charge in [-0.1, -0.05) is 18.2 Å². The molecule has 0 aliphatic rings. The first-order chi connectivity index (χ1) is 16.9. The van der Waals surface area contributed by atoms with Crippen LogP contribution in [0.3, 0.4) is 0 Å². The molecule has 200 valence electrons. The number of rotatable bonds is 9. The van der Waals surface area contributed by atoms with Crippen molar-refractivity contribution >= 4 is 68.3 Å². The monoisotopic (exact) mass is 661 g/mol. The van der Waals surface area contributed by atoms with Crippen molar-refractivity contribution in [1.82, 2.24) is 0 Å². The summed E-state index contributed by atoms with van der Waals surface area (Å²) >= 11 is 0. The molecule has 3 aromatic rings. The van der Waals surface area contributed by atoms with E-state index in [-0.39, 0.29) is 111 Å². The number of hydrogen-bond acceptors (Lipinski definition) is 15. The molecule has 40 heavy (non-hydrogen) atoms. The molecule has 2 N–H and O–H groups in total. The Morgan fingerprint density at radius 3 is 1.88 bits per heavy atom. The van der Waals surface area contributed by atoms with Crippen LogP contribution in [0.1, 0.15) is 0 Å². The van der Waals surface area contributed by atoms with Gasteiger partial charge in [0.05, 0.1) is 32.7 Å². The molecule has 0 saturated carbocycles. The van der Waals surface area contributed by atoms with E-state index in [1.165, 1.54) is 24.3 Å². The first-order valence-corrected chi connectivity index (χ1v) is 15.3. The third-order valence-electron chi connectivity index (χ3n) is 4.69. The van der Waals surface area contributed by atoms with E-state index in [1.807, 2.05) is 0 Å². The molecule has 0 aliphatic heterocycles. The Labute approximate surface area is 296 Å². The summed E-state index contributed by atoms with van der Waals surface area (Å²) in [6.45, 7) is -1.06. The Morgan fingerprint density at radius 2 is 1.32 bits per heavy atom. The maximum absolute atomic E-state index is 12.4. The number of sulfone groups is 1. The molecule has 0 spiro atoms. The Balaban J connectivity index is 0.00000507. The third-order valence-corrected chi connectivity index (χ3v) is 8.58. The minimum absolute atomic E-state index is 0. The van der Waals surface area contributed by atoms with Crippen molar-refractivity contribution in [1.29, 1.82) is 0 Å². The van der Waals surface area contributed by atoms with Crippen molar-refractivity contribution in [3.8, 4) is 0 Å². The van der Waals surface area contributed by atoms with Crippen LogP contribution < -0.4 is 94.4 Å². The van der Waals surface area contributed by atoms with Gasteiger partial charge < -0.3 is 19.4 Å². The number of nitrogens with two attached hydrogens (primary N) is 1. The van der Waals surface area contributed by atoms with Crippen molar-refractivity contribution < 1.29 is 140 Å². The normalized spacial score (nSPS) is 12.4. The zero-order valence-electron chi connectivity index (χ0n) is 21.0. The van der Waals surface area contributed by atoms with Crippen molar-refractivity contribution in [3.63, 3.8) is 0 Å². The molecular weight excluding hydrogens is 647 g/mol. The molecule has 0 bridgehead atoms. The predicted octanol–water partition coefficient (Wildman–Crippen LogP) is -8.09. The van der Waals surface area contributed by atoms with Crippen LogP contribution in [-0.2, 0) is 44.7 Å². The van der Waals surface area contributed by atoms with Gasteiger partial charge in [0.25, 0.3) is 0 Å². The number of nitrogen functional groups attached to an aromatic ring is 1.